The van der Waals surface area contributed by atoms with E-state index in [1.54, 1.807) is 11.0 Å². The molecule has 6 nitrogen and oxygen atoms in total. The zero-order valence-electron chi connectivity index (χ0n) is 12.6. The normalized spacial score (nSPS) is 14.6. The third-order valence-electron chi connectivity index (χ3n) is 3.95. The van der Waals surface area contributed by atoms with Gasteiger partial charge in [0.25, 0.3) is 0 Å². The number of carbonyl (C=O) groups is 3. The fraction of sp³-hybridized carbons (Fsp3) is 0.235. The van der Waals surface area contributed by atoms with Gasteiger partial charge in [-0.2, -0.15) is 0 Å². The number of piperazine rings is 1. The second-order valence-corrected chi connectivity index (χ2v) is 5.45. The van der Waals surface area contributed by atoms with E-state index in [0.717, 1.165) is 17.2 Å². The van der Waals surface area contributed by atoms with Crippen LogP contribution in [0.4, 0.5) is 5.69 Å². The van der Waals surface area contributed by atoms with E-state index in [1.165, 1.54) is 4.90 Å². The summed E-state index contributed by atoms with van der Waals surface area (Å²) in [5.41, 5.74) is 0.591. The van der Waals surface area contributed by atoms with Gasteiger partial charge in [-0.05, 0) is 22.9 Å². The summed E-state index contributed by atoms with van der Waals surface area (Å²) in [6.07, 6.45) is 0.761. The van der Waals surface area contributed by atoms with Crippen LogP contribution in [0.15, 0.2) is 42.5 Å². The molecule has 1 N–H and O–H groups in total. The lowest BCUT2D eigenvalue weighted by atomic mass is 10.1. The van der Waals surface area contributed by atoms with Gasteiger partial charge in [0.15, 0.2) is 0 Å². The Morgan fingerprint density at radius 2 is 1.65 bits per heavy atom. The van der Waals surface area contributed by atoms with Gasteiger partial charge in [0.2, 0.25) is 6.41 Å². The van der Waals surface area contributed by atoms with Crippen molar-refractivity contribution in [2.75, 3.05) is 31.5 Å². The van der Waals surface area contributed by atoms with E-state index >= 15 is 0 Å². The Labute approximate surface area is 133 Å². The van der Waals surface area contributed by atoms with E-state index in [4.69, 9.17) is 0 Å². The smallest absolute Gasteiger partial charge is 0.313 e. The van der Waals surface area contributed by atoms with Crippen molar-refractivity contribution in [1.82, 2.24) is 9.80 Å². The first kappa shape index (κ1) is 15.0. The fourth-order valence-electron chi connectivity index (χ4n) is 2.63. The van der Waals surface area contributed by atoms with Gasteiger partial charge in [0.1, 0.15) is 0 Å². The molecule has 0 aliphatic carbocycles. The van der Waals surface area contributed by atoms with E-state index in [0.29, 0.717) is 31.9 Å². The molecule has 3 amide bonds. The third kappa shape index (κ3) is 3.31. The highest BCUT2D eigenvalue weighted by atomic mass is 16.2. The maximum absolute atomic E-state index is 12.2. The van der Waals surface area contributed by atoms with Gasteiger partial charge in [-0.3, -0.25) is 14.4 Å². The van der Waals surface area contributed by atoms with E-state index in [9.17, 15) is 14.4 Å². The Hall–Kier alpha value is -2.89. The summed E-state index contributed by atoms with van der Waals surface area (Å²) in [6.45, 7) is 1.67. The van der Waals surface area contributed by atoms with Crippen molar-refractivity contribution in [2.24, 2.45) is 0 Å². The molecule has 0 bridgehead atoms. The number of rotatable bonds is 2. The third-order valence-corrected chi connectivity index (χ3v) is 3.95. The summed E-state index contributed by atoms with van der Waals surface area (Å²) >= 11 is 0. The highest BCUT2D eigenvalue weighted by Crippen LogP contribution is 2.18. The molecule has 3 rings (SSSR count). The average molecular weight is 311 g/mol. The highest BCUT2D eigenvalue weighted by molar-refractivity contribution is 6.39. The van der Waals surface area contributed by atoms with Crippen LogP contribution >= 0.6 is 0 Å². The SMILES string of the molecule is O=CN1CCN(C(=O)C(=O)Nc2ccc3ccccc3c2)CC1. The molecule has 118 valence electrons. The number of hydrogen-bond acceptors (Lipinski definition) is 3. The van der Waals surface area contributed by atoms with Crippen LogP contribution in [0.3, 0.4) is 0 Å². The molecule has 0 unspecified atom stereocenters. The molecule has 2 aromatic carbocycles. The molecule has 23 heavy (non-hydrogen) atoms. The quantitative estimate of drug-likeness (QED) is 0.666. The molecule has 2 aromatic rings. The van der Waals surface area contributed by atoms with Crippen molar-refractivity contribution in [1.29, 1.82) is 0 Å². The largest absolute Gasteiger partial charge is 0.342 e. The Morgan fingerprint density at radius 3 is 2.35 bits per heavy atom. The Morgan fingerprint density at radius 1 is 0.957 bits per heavy atom. The molecule has 6 heteroatoms. The Kier molecular flexibility index (Phi) is 4.23. The number of nitrogens with one attached hydrogen (secondary N) is 1. The number of nitrogens with zero attached hydrogens (tertiary/aromatic N) is 2. The van der Waals surface area contributed by atoms with E-state index < -0.39 is 11.8 Å². The molecule has 0 atom stereocenters. The maximum Gasteiger partial charge on any atom is 0.313 e. The van der Waals surface area contributed by atoms with Gasteiger partial charge in [-0.15, -0.1) is 0 Å². The van der Waals surface area contributed by atoms with Crippen LogP contribution in [-0.4, -0.2) is 54.2 Å². The fourth-order valence-corrected chi connectivity index (χ4v) is 2.63. The number of benzene rings is 2. The van der Waals surface area contributed by atoms with Crippen LogP contribution in [0.2, 0.25) is 0 Å². The first-order chi connectivity index (χ1) is 11.2. The number of amides is 3. The maximum atomic E-state index is 12.2. The van der Waals surface area contributed by atoms with Crippen LogP contribution in [0.25, 0.3) is 10.8 Å². The van der Waals surface area contributed by atoms with E-state index in [2.05, 4.69) is 5.32 Å². The standard InChI is InChI=1S/C17H17N3O3/c21-12-19-7-9-20(10-8-19)17(23)16(22)18-15-6-5-13-3-1-2-4-14(13)11-15/h1-6,11-12H,7-10H2,(H,18,22). The van der Waals surface area contributed by atoms with Crippen molar-refractivity contribution in [3.05, 3.63) is 42.5 Å². The first-order valence-electron chi connectivity index (χ1n) is 7.46. The molecule has 1 heterocycles. The van der Waals surface area contributed by atoms with Crippen molar-refractivity contribution >= 4 is 34.7 Å². The second-order valence-electron chi connectivity index (χ2n) is 5.45. The van der Waals surface area contributed by atoms with Crippen molar-refractivity contribution in [3.63, 3.8) is 0 Å². The van der Waals surface area contributed by atoms with Crippen molar-refractivity contribution < 1.29 is 14.4 Å². The Balaban J connectivity index is 1.65. The summed E-state index contributed by atoms with van der Waals surface area (Å²) in [7, 11) is 0. The van der Waals surface area contributed by atoms with E-state index in [1.807, 2.05) is 36.4 Å². The molecule has 1 aliphatic heterocycles. The van der Waals surface area contributed by atoms with Gasteiger partial charge in [0, 0.05) is 31.9 Å². The summed E-state index contributed by atoms with van der Waals surface area (Å²) in [5.74, 6) is -1.22. The number of anilines is 1. The minimum absolute atomic E-state index is 0.378. The number of carbonyl (C=O) groups excluding carboxylic acids is 3. The molecular formula is C17H17N3O3. The van der Waals surface area contributed by atoms with Gasteiger partial charge >= 0.3 is 11.8 Å². The predicted octanol–water partition coefficient (Wildman–Crippen LogP) is 1.08. The molecule has 0 radical (unpaired) electrons. The zero-order valence-corrected chi connectivity index (χ0v) is 12.6. The first-order valence-corrected chi connectivity index (χ1v) is 7.46. The second kappa shape index (κ2) is 6.48. The molecule has 0 spiro atoms. The Bertz CT molecular complexity index is 752. The average Bonchev–Trinajstić information content (AvgIpc) is 2.61. The molecule has 1 aliphatic rings. The monoisotopic (exact) mass is 311 g/mol. The molecule has 1 fully saturated rings. The molecule has 0 aromatic heterocycles. The van der Waals surface area contributed by atoms with Gasteiger partial charge in [-0.25, -0.2) is 0 Å². The minimum Gasteiger partial charge on any atom is -0.342 e. The lowest BCUT2D eigenvalue weighted by molar-refractivity contribution is -0.144. The summed E-state index contributed by atoms with van der Waals surface area (Å²) in [6, 6.07) is 13.3. The molecule has 1 saturated heterocycles. The topological polar surface area (TPSA) is 69.7 Å². The molecule has 0 saturated carbocycles. The zero-order chi connectivity index (χ0) is 16.2. The lowest BCUT2D eigenvalue weighted by Crippen LogP contribution is -2.51. The summed E-state index contributed by atoms with van der Waals surface area (Å²) in [5, 5.41) is 4.71. The van der Waals surface area contributed by atoms with Crippen LogP contribution in [0.1, 0.15) is 0 Å². The minimum atomic E-state index is -0.653. The van der Waals surface area contributed by atoms with Crippen molar-refractivity contribution in [2.45, 2.75) is 0 Å². The highest BCUT2D eigenvalue weighted by Gasteiger charge is 2.25. The van der Waals surface area contributed by atoms with Crippen LogP contribution in [0, 0.1) is 0 Å². The summed E-state index contributed by atoms with van der Waals surface area (Å²) in [4.78, 5) is 38.0. The van der Waals surface area contributed by atoms with Crippen molar-refractivity contribution in [3.8, 4) is 0 Å². The predicted molar refractivity (Wildman–Crippen MR) is 86.8 cm³/mol. The number of fused-ring (bicyclic) bond motifs is 1. The van der Waals surface area contributed by atoms with Gasteiger partial charge in [-0.1, -0.05) is 30.3 Å². The summed E-state index contributed by atoms with van der Waals surface area (Å²) < 4.78 is 0. The number of hydrogen-bond donors (Lipinski definition) is 1. The van der Waals surface area contributed by atoms with E-state index in [-0.39, 0.29) is 0 Å². The lowest BCUT2D eigenvalue weighted by Gasteiger charge is -2.31. The van der Waals surface area contributed by atoms with Gasteiger partial charge < -0.3 is 15.1 Å². The van der Waals surface area contributed by atoms with Crippen LogP contribution < -0.4 is 5.32 Å². The van der Waals surface area contributed by atoms with Gasteiger partial charge in [0.05, 0.1) is 0 Å². The molecular weight excluding hydrogens is 294 g/mol. The van der Waals surface area contributed by atoms with Crippen LogP contribution in [-0.2, 0) is 14.4 Å². The van der Waals surface area contributed by atoms with Crippen LogP contribution in [0.5, 0.6) is 0 Å².